The first-order chi connectivity index (χ1) is 13.2. The Bertz CT molecular complexity index is 765. The number of benzene rings is 1. The maximum Gasteiger partial charge on any atom is 0.322 e. The van der Waals surface area contributed by atoms with Gasteiger partial charge in [-0.1, -0.05) is 0 Å². The SMILES string of the molecule is CNC(=O)c1ccc(NC(=O)N2CCCCC2COc2cccnc2)cc1. The normalized spacial score (nSPS) is 16.5. The van der Waals surface area contributed by atoms with E-state index >= 15 is 0 Å². The number of anilines is 1. The summed E-state index contributed by atoms with van der Waals surface area (Å²) in [6.07, 6.45) is 6.32. The van der Waals surface area contributed by atoms with Crippen molar-refractivity contribution in [2.75, 3.05) is 25.5 Å². The van der Waals surface area contributed by atoms with E-state index in [4.69, 9.17) is 4.74 Å². The molecule has 1 aromatic carbocycles. The molecular formula is C20H24N4O3. The van der Waals surface area contributed by atoms with Gasteiger partial charge in [0.15, 0.2) is 0 Å². The number of aromatic nitrogens is 1. The lowest BCUT2D eigenvalue weighted by Crippen LogP contribution is -2.48. The molecule has 0 aliphatic carbocycles. The van der Waals surface area contributed by atoms with Crippen LogP contribution in [0.4, 0.5) is 10.5 Å². The summed E-state index contributed by atoms with van der Waals surface area (Å²) in [6.45, 7) is 1.14. The lowest BCUT2D eigenvalue weighted by atomic mass is 10.0. The van der Waals surface area contributed by atoms with Crippen molar-refractivity contribution in [3.05, 3.63) is 54.4 Å². The third-order valence-electron chi connectivity index (χ3n) is 4.59. The number of ether oxygens (including phenoxy) is 1. The lowest BCUT2D eigenvalue weighted by molar-refractivity contribution is 0.0963. The van der Waals surface area contributed by atoms with Gasteiger partial charge in [0.1, 0.15) is 12.4 Å². The maximum absolute atomic E-state index is 12.7. The monoisotopic (exact) mass is 368 g/mol. The van der Waals surface area contributed by atoms with Crippen molar-refractivity contribution in [2.45, 2.75) is 25.3 Å². The number of rotatable bonds is 5. The van der Waals surface area contributed by atoms with E-state index in [0.717, 1.165) is 19.3 Å². The highest BCUT2D eigenvalue weighted by molar-refractivity contribution is 5.95. The van der Waals surface area contributed by atoms with Crippen LogP contribution in [0, 0.1) is 0 Å². The van der Waals surface area contributed by atoms with Crippen LogP contribution in [0.15, 0.2) is 48.8 Å². The van der Waals surface area contributed by atoms with Gasteiger partial charge in [-0.05, 0) is 55.7 Å². The van der Waals surface area contributed by atoms with Crippen LogP contribution < -0.4 is 15.4 Å². The molecule has 1 fully saturated rings. The summed E-state index contributed by atoms with van der Waals surface area (Å²) in [5.74, 6) is 0.546. The van der Waals surface area contributed by atoms with Gasteiger partial charge in [0, 0.05) is 31.0 Å². The summed E-state index contributed by atoms with van der Waals surface area (Å²) in [4.78, 5) is 30.2. The molecule has 142 valence electrons. The number of nitrogens with zero attached hydrogens (tertiary/aromatic N) is 2. The quantitative estimate of drug-likeness (QED) is 0.850. The van der Waals surface area contributed by atoms with Gasteiger partial charge in [-0.25, -0.2) is 4.79 Å². The van der Waals surface area contributed by atoms with Crippen LogP contribution in [0.2, 0.25) is 0 Å². The molecule has 1 unspecified atom stereocenters. The summed E-state index contributed by atoms with van der Waals surface area (Å²) in [5.41, 5.74) is 1.21. The molecule has 0 saturated carbocycles. The molecule has 2 N–H and O–H groups in total. The minimum absolute atomic E-state index is 0.0177. The highest BCUT2D eigenvalue weighted by Gasteiger charge is 2.27. The Morgan fingerprint density at radius 2 is 2.04 bits per heavy atom. The number of nitrogens with one attached hydrogen (secondary N) is 2. The molecular weight excluding hydrogens is 344 g/mol. The Kier molecular flexibility index (Phi) is 6.25. The van der Waals surface area contributed by atoms with E-state index in [9.17, 15) is 9.59 Å². The van der Waals surface area contributed by atoms with Crippen LogP contribution >= 0.6 is 0 Å². The summed E-state index contributed by atoms with van der Waals surface area (Å²) < 4.78 is 5.80. The van der Waals surface area contributed by atoms with E-state index < -0.39 is 0 Å². The number of piperidine rings is 1. The molecule has 1 saturated heterocycles. The molecule has 1 atom stereocenters. The molecule has 27 heavy (non-hydrogen) atoms. The van der Waals surface area contributed by atoms with Crippen molar-refractivity contribution in [3.8, 4) is 5.75 Å². The Morgan fingerprint density at radius 1 is 1.22 bits per heavy atom. The van der Waals surface area contributed by atoms with E-state index in [1.165, 1.54) is 0 Å². The van der Waals surface area contributed by atoms with Gasteiger partial charge in [0.05, 0.1) is 12.2 Å². The van der Waals surface area contributed by atoms with Crippen LogP contribution in [-0.4, -0.2) is 48.1 Å². The number of carbonyl (C=O) groups excluding carboxylic acids is 2. The first kappa shape index (κ1) is 18.7. The van der Waals surface area contributed by atoms with Crippen molar-refractivity contribution in [3.63, 3.8) is 0 Å². The largest absolute Gasteiger partial charge is 0.490 e. The van der Waals surface area contributed by atoms with Crippen molar-refractivity contribution in [2.24, 2.45) is 0 Å². The second-order valence-electron chi connectivity index (χ2n) is 6.43. The smallest absolute Gasteiger partial charge is 0.322 e. The van der Waals surface area contributed by atoms with Gasteiger partial charge < -0.3 is 20.3 Å². The molecule has 2 aromatic rings. The lowest BCUT2D eigenvalue weighted by Gasteiger charge is -2.35. The predicted molar refractivity (Wildman–Crippen MR) is 103 cm³/mol. The third-order valence-corrected chi connectivity index (χ3v) is 4.59. The minimum Gasteiger partial charge on any atom is -0.490 e. The van der Waals surface area contributed by atoms with E-state index in [1.807, 2.05) is 17.0 Å². The maximum atomic E-state index is 12.7. The molecule has 0 spiro atoms. The number of hydrogen-bond donors (Lipinski definition) is 2. The predicted octanol–water partition coefficient (Wildman–Crippen LogP) is 2.91. The second kappa shape index (κ2) is 9.02. The fraction of sp³-hybridized carbons (Fsp3) is 0.350. The summed E-state index contributed by atoms with van der Waals surface area (Å²) >= 11 is 0. The molecule has 3 amide bonds. The Labute approximate surface area is 158 Å². The fourth-order valence-corrected chi connectivity index (χ4v) is 3.11. The number of carbonyl (C=O) groups is 2. The highest BCUT2D eigenvalue weighted by Crippen LogP contribution is 2.20. The van der Waals surface area contributed by atoms with Gasteiger partial charge in [0.25, 0.3) is 5.91 Å². The Hall–Kier alpha value is -3.09. The second-order valence-corrected chi connectivity index (χ2v) is 6.43. The third kappa shape index (κ3) is 4.97. The Balaban J connectivity index is 1.60. The molecule has 2 heterocycles. The van der Waals surface area contributed by atoms with Crippen LogP contribution in [-0.2, 0) is 0 Å². The zero-order chi connectivity index (χ0) is 19.1. The van der Waals surface area contributed by atoms with Gasteiger partial charge >= 0.3 is 6.03 Å². The van der Waals surface area contributed by atoms with Gasteiger partial charge in [-0.2, -0.15) is 0 Å². The summed E-state index contributed by atoms with van der Waals surface area (Å²) in [6, 6.07) is 10.4. The average molecular weight is 368 g/mol. The van der Waals surface area contributed by atoms with Gasteiger partial charge in [-0.3, -0.25) is 9.78 Å². The average Bonchev–Trinajstić information content (AvgIpc) is 2.73. The minimum atomic E-state index is -0.156. The van der Waals surface area contributed by atoms with E-state index in [-0.39, 0.29) is 18.0 Å². The van der Waals surface area contributed by atoms with Crippen LogP contribution in [0.1, 0.15) is 29.6 Å². The first-order valence-electron chi connectivity index (χ1n) is 9.10. The van der Waals surface area contributed by atoms with Gasteiger partial charge in [0.2, 0.25) is 0 Å². The van der Waals surface area contributed by atoms with Crippen LogP contribution in [0.25, 0.3) is 0 Å². The summed E-state index contributed by atoms with van der Waals surface area (Å²) in [5, 5.41) is 5.48. The van der Waals surface area contributed by atoms with Gasteiger partial charge in [-0.15, -0.1) is 0 Å². The number of hydrogen-bond acceptors (Lipinski definition) is 4. The molecule has 0 bridgehead atoms. The molecule has 7 heteroatoms. The number of likely N-dealkylation sites (tertiary alicyclic amines) is 1. The number of pyridine rings is 1. The van der Waals surface area contributed by atoms with Crippen molar-refractivity contribution in [1.29, 1.82) is 0 Å². The molecule has 3 rings (SSSR count). The standard InChI is InChI=1S/C20H24N4O3/c1-21-19(25)15-7-9-16(10-8-15)23-20(26)24-12-3-2-5-17(24)14-27-18-6-4-11-22-13-18/h4,6-11,13,17H,2-3,5,12,14H2,1H3,(H,21,25)(H,23,26). The number of urea groups is 1. The zero-order valence-corrected chi connectivity index (χ0v) is 15.4. The summed E-state index contributed by atoms with van der Waals surface area (Å²) in [7, 11) is 1.59. The molecule has 1 aliphatic heterocycles. The number of amides is 3. The van der Waals surface area contributed by atoms with E-state index in [0.29, 0.717) is 30.2 Å². The van der Waals surface area contributed by atoms with Crippen molar-refractivity contribution < 1.29 is 14.3 Å². The molecule has 7 nitrogen and oxygen atoms in total. The van der Waals surface area contributed by atoms with E-state index in [1.54, 1.807) is 43.7 Å². The van der Waals surface area contributed by atoms with Crippen LogP contribution in [0.5, 0.6) is 5.75 Å². The zero-order valence-electron chi connectivity index (χ0n) is 15.4. The molecule has 0 radical (unpaired) electrons. The fourth-order valence-electron chi connectivity index (χ4n) is 3.11. The van der Waals surface area contributed by atoms with Crippen molar-refractivity contribution in [1.82, 2.24) is 15.2 Å². The highest BCUT2D eigenvalue weighted by atomic mass is 16.5. The first-order valence-corrected chi connectivity index (χ1v) is 9.10. The topological polar surface area (TPSA) is 83.6 Å². The molecule has 1 aromatic heterocycles. The van der Waals surface area contributed by atoms with Crippen LogP contribution in [0.3, 0.4) is 0 Å². The van der Waals surface area contributed by atoms with E-state index in [2.05, 4.69) is 15.6 Å². The Morgan fingerprint density at radius 3 is 2.74 bits per heavy atom. The molecule has 1 aliphatic rings. The van der Waals surface area contributed by atoms with Crippen molar-refractivity contribution >= 4 is 17.6 Å².